The van der Waals surface area contributed by atoms with Gasteiger partial charge in [-0.2, -0.15) is 0 Å². The van der Waals surface area contributed by atoms with Crippen LogP contribution in [0.4, 0.5) is 14.9 Å². The molecule has 33 heavy (non-hydrogen) atoms. The van der Waals surface area contributed by atoms with E-state index >= 15 is 0 Å². The number of aromatic nitrogens is 1. The Labute approximate surface area is 190 Å². The van der Waals surface area contributed by atoms with Crippen LogP contribution in [-0.4, -0.2) is 33.9 Å². The van der Waals surface area contributed by atoms with Crippen LogP contribution >= 0.6 is 0 Å². The van der Waals surface area contributed by atoms with Crippen molar-refractivity contribution in [2.75, 3.05) is 11.9 Å². The van der Waals surface area contributed by atoms with Gasteiger partial charge in [-0.3, -0.25) is 9.59 Å². The van der Waals surface area contributed by atoms with Gasteiger partial charge < -0.3 is 15.2 Å². The lowest BCUT2D eigenvalue weighted by Crippen LogP contribution is -2.38. The average Bonchev–Trinajstić information content (AvgIpc) is 3.20. The lowest BCUT2D eigenvalue weighted by molar-refractivity contribution is -0.127. The number of anilines is 1. The lowest BCUT2D eigenvalue weighted by atomic mass is 10.2. The van der Waals surface area contributed by atoms with Crippen molar-refractivity contribution >= 4 is 29.6 Å². The van der Waals surface area contributed by atoms with Crippen LogP contribution in [0.25, 0.3) is 6.08 Å². The molecule has 0 radical (unpaired) electrons. The summed E-state index contributed by atoms with van der Waals surface area (Å²) < 4.78 is 15.9. The zero-order valence-electron chi connectivity index (χ0n) is 18.3. The molecule has 1 fully saturated rings. The van der Waals surface area contributed by atoms with E-state index in [1.807, 2.05) is 50.2 Å². The summed E-state index contributed by atoms with van der Waals surface area (Å²) in [6.45, 7) is 4.09. The molecule has 0 saturated carbocycles. The van der Waals surface area contributed by atoms with Crippen molar-refractivity contribution < 1.29 is 18.8 Å². The molecule has 1 aliphatic heterocycles. The summed E-state index contributed by atoms with van der Waals surface area (Å²) in [5.74, 6) is -1.89. The third kappa shape index (κ3) is 4.69. The number of aryl methyl sites for hydroxylation is 1. The number of rotatable bonds is 6. The maximum atomic E-state index is 13.7. The largest absolute Gasteiger partial charge is 0.344 e. The Hall–Kier alpha value is -4.20. The van der Waals surface area contributed by atoms with E-state index in [9.17, 15) is 18.8 Å². The molecule has 0 bridgehead atoms. The highest BCUT2D eigenvalue weighted by Gasteiger charge is 2.35. The fraction of sp³-hybridized carbons (Fsp3) is 0.160. The number of hydrogen-bond acceptors (Lipinski definition) is 3. The van der Waals surface area contributed by atoms with Crippen molar-refractivity contribution in [1.29, 1.82) is 0 Å². The van der Waals surface area contributed by atoms with Gasteiger partial charge >= 0.3 is 6.03 Å². The first kappa shape index (κ1) is 22.0. The molecule has 0 atom stereocenters. The quantitative estimate of drug-likeness (QED) is 0.446. The number of amides is 4. The first-order valence-corrected chi connectivity index (χ1v) is 10.4. The molecule has 1 aromatic heterocycles. The van der Waals surface area contributed by atoms with E-state index in [1.165, 1.54) is 18.2 Å². The molecule has 2 aromatic carbocycles. The van der Waals surface area contributed by atoms with E-state index in [-0.39, 0.29) is 11.4 Å². The Morgan fingerprint density at radius 1 is 1.06 bits per heavy atom. The van der Waals surface area contributed by atoms with Gasteiger partial charge in [-0.25, -0.2) is 14.1 Å². The maximum absolute atomic E-state index is 13.7. The number of benzene rings is 2. The molecule has 1 aliphatic rings. The number of carbonyl (C=O) groups excluding carboxylic acids is 3. The molecule has 1 saturated heterocycles. The van der Waals surface area contributed by atoms with E-state index < -0.39 is 30.2 Å². The Kier molecular flexibility index (Phi) is 6.08. The Bertz CT molecular complexity index is 1260. The molecule has 8 heteroatoms. The molecule has 2 heterocycles. The summed E-state index contributed by atoms with van der Waals surface area (Å²) in [6.07, 6.45) is 1.61. The van der Waals surface area contributed by atoms with Gasteiger partial charge in [0.25, 0.3) is 5.91 Å². The SMILES string of the molecule is Cc1cc(/C=C2/NC(=O)N(CC(=O)Nc3ccccc3F)C2=O)c(C)n1Cc1ccccc1. The molecule has 7 nitrogen and oxygen atoms in total. The Morgan fingerprint density at radius 2 is 1.76 bits per heavy atom. The monoisotopic (exact) mass is 446 g/mol. The van der Waals surface area contributed by atoms with Gasteiger partial charge in [0.2, 0.25) is 5.91 Å². The zero-order chi connectivity index (χ0) is 23.5. The van der Waals surface area contributed by atoms with Crippen molar-refractivity contribution in [3.8, 4) is 0 Å². The maximum Gasteiger partial charge on any atom is 0.329 e. The van der Waals surface area contributed by atoms with Crippen LogP contribution < -0.4 is 10.6 Å². The van der Waals surface area contributed by atoms with Crippen molar-refractivity contribution in [3.63, 3.8) is 0 Å². The molecule has 2 N–H and O–H groups in total. The summed E-state index contributed by atoms with van der Waals surface area (Å²) in [4.78, 5) is 38.2. The number of halogens is 1. The van der Waals surface area contributed by atoms with Crippen LogP contribution in [-0.2, 0) is 16.1 Å². The van der Waals surface area contributed by atoms with Gasteiger partial charge in [0, 0.05) is 17.9 Å². The van der Waals surface area contributed by atoms with Gasteiger partial charge in [-0.05, 0) is 49.2 Å². The van der Waals surface area contributed by atoms with Gasteiger partial charge in [0.15, 0.2) is 0 Å². The zero-order valence-corrected chi connectivity index (χ0v) is 18.3. The number of hydrogen-bond donors (Lipinski definition) is 2. The van der Waals surface area contributed by atoms with E-state index in [1.54, 1.807) is 12.1 Å². The highest BCUT2D eigenvalue weighted by atomic mass is 19.1. The summed E-state index contributed by atoms with van der Waals surface area (Å²) in [6, 6.07) is 16.9. The number of nitrogens with zero attached hydrogens (tertiary/aromatic N) is 2. The third-order valence-electron chi connectivity index (χ3n) is 5.51. The normalized spacial score (nSPS) is 14.6. The fourth-order valence-electron chi connectivity index (χ4n) is 3.75. The molecule has 0 spiro atoms. The summed E-state index contributed by atoms with van der Waals surface area (Å²) in [5, 5.41) is 4.90. The van der Waals surface area contributed by atoms with Crippen LogP contribution in [0.5, 0.6) is 0 Å². The van der Waals surface area contributed by atoms with E-state index in [2.05, 4.69) is 15.2 Å². The van der Waals surface area contributed by atoms with Crippen molar-refractivity contribution in [3.05, 3.63) is 94.7 Å². The number of urea groups is 1. The summed E-state index contributed by atoms with van der Waals surface area (Å²) >= 11 is 0. The van der Waals surface area contributed by atoms with E-state index in [0.717, 1.165) is 27.4 Å². The highest BCUT2D eigenvalue weighted by Crippen LogP contribution is 2.22. The van der Waals surface area contributed by atoms with Crippen LogP contribution in [0.15, 0.2) is 66.4 Å². The number of carbonyl (C=O) groups is 3. The van der Waals surface area contributed by atoms with Crippen LogP contribution in [0.3, 0.4) is 0 Å². The summed E-state index contributed by atoms with van der Waals surface area (Å²) in [7, 11) is 0. The van der Waals surface area contributed by atoms with Gasteiger partial charge in [-0.15, -0.1) is 0 Å². The molecular weight excluding hydrogens is 423 g/mol. The molecule has 0 unspecified atom stereocenters. The van der Waals surface area contributed by atoms with Crippen LogP contribution in [0.2, 0.25) is 0 Å². The van der Waals surface area contributed by atoms with E-state index in [4.69, 9.17) is 0 Å². The molecule has 4 rings (SSSR count). The molecule has 168 valence electrons. The molecular formula is C25H23FN4O3. The van der Waals surface area contributed by atoms with Crippen LogP contribution in [0.1, 0.15) is 22.5 Å². The smallest absolute Gasteiger partial charge is 0.329 e. The first-order valence-electron chi connectivity index (χ1n) is 10.4. The topological polar surface area (TPSA) is 83.4 Å². The second-order valence-electron chi connectivity index (χ2n) is 7.81. The molecule has 4 amide bonds. The van der Waals surface area contributed by atoms with E-state index in [0.29, 0.717) is 6.54 Å². The summed E-state index contributed by atoms with van der Waals surface area (Å²) in [5.41, 5.74) is 3.97. The second kappa shape index (κ2) is 9.12. The highest BCUT2D eigenvalue weighted by molar-refractivity contribution is 6.16. The van der Waals surface area contributed by atoms with Crippen molar-refractivity contribution in [1.82, 2.24) is 14.8 Å². The minimum atomic E-state index is -0.701. The lowest BCUT2D eigenvalue weighted by Gasteiger charge is -2.12. The second-order valence-corrected chi connectivity index (χ2v) is 7.81. The Balaban J connectivity index is 1.49. The number of nitrogens with one attached hydrogen (secondary N) is 2. The van der Waals surface area contributed by atoms with Gasteiger partial charge in [0.1, 0.15) is 18.1 Å². The third-order valence-corrected chi connectivity index (χ3v) is 5.51. The fourth-order valence-corrected chi connectivity index (χ4v) is 3.75. The van der Waals surface area contributed by atoms with Crippen molar-refractivity contribution in [2.24, 2.45) is 0 Å². The minimum Gasteiger partial charge on any atom is -0.344 e. The average molecular weight is 446 g/mol. The number of imide groups is 1. The molecule has 0 aliphatic carbocycles. The first-order chi connectivity index (χ1) is 15.8. The van der Waals surface area contributed by atoms with Crippen molar-refractivity contribution in [2.45, 2.75) is 20.4 Å². The predicted octanol–water partition coefficient (Wildman–Crippen LogP) is 3.82. The number of para-hydroxylation sites is 1. The predicted molar refractivity (Wildman–Crippen MR) is 123 cm³/mol. The Morgan fingerprint density at radius 3 is 2.48 bits per heavy atom. The molecule has 3 aromatic rings. The standard InChI is InChI=1S/C25H23FN4O3/c1-16-12-19(17(2)29(16)14-18-8-4-3-5-9-18)13-22-24(32)30(25(33)28-22)15-23(31)27-21-11-7-6-10-20(21)26/h3-13H,14-15H2,1-2H3,(H,27,31)(H,28,33)/b22-13+. The van der Waals surface area contributed by atoms with Crippen LogP contribution in [0, 0.1) is 19.7 Å². The van der Waals surface area contributed by atoms with Gasteiger partial charge in [-0.1, -0.05) is 42.5 Å². The minimum absolute atomic E-state index is 0.0174. The van der Waals surface area contributed by atoms with Gasteiger partial charge in [0.05, 0.1) is 5.69 Å².